The number of hydrogen-bond acceptors (Lipinski definition) is 5. The van der Waals surface area contributed by atoms with E-state index in [2.05, 4.69) is 10.2 Å². The van der Waals surface area contributed by atoms with Crippen molar-refractivity contribution in [3.05, 3.63) is 33.7 Å². The zero-order valence-electron chi connectivity index (χ0n) is 14.2. The van der Waals surface area contributed by atoms with Gasteiger partial charge in [0, 0.05) is 33.2 Å². The molecule has 1 fully saturated rings. The van der Waals surface area contributed by atoms with Gasteiger partial charge in [-0.25, -0.2) is 4.79 Å². The number of thiophene rings is 1. The van der Waals surface area contributed by atoms with Crippen LogP contribution in [0.5, 0.6) is 0 Å². The van der Waals surface area contributed by atoms with Crippen LogP contribution in [0.4, 0.5) is 4.79 Å². The molecule has 4 rings (SSSR count). The van der Waals surface area contributed by atoms with Gasteiger partial charge in [-0.2, -0.15) is 11.3 Å². The van der Waals surface area contributed by atoms with Crippen LogP contribution in [0.2, 0.25) is 0 Å². The molecule has 1 atom stereocenters. The topological polar surface area (TPSA) is 65.1 Å². The fraction of sp³-hybridized carbons (Fsp3) is 0.529. The van der Waals surface area contributed by atoms with Gasteiger partial charge in [0.1, 0.15) is 0 Å². The average Bonchev–Trinajstić information content (AvgIpc) is 3.26. The minimum atomic E-state index is -0.342. The molecule has 4 heterocycles. The van der Waals surface area contributed by atoms with Gasteiger partial charge in [0.25, 0.3) is 5.91 Å². The molecular formula is C17H22N4O3S. The smallest absolute Gasteiger partial charge is 0.322 e. The van der Waals surface area contributed by atoms with Gasteiger partial charge >= 0.3 is 6.03 Å². The molecule has 0 aromatic carbocycles. The summed E-state index contributed by atoms with van der Waals surface area (Å²) in [6, 6.07) is 1.47. The third-order valence-electron chi connectivity index (χ3n) is 5.10. The maximum atomic E-state index is 13.0. The van der Waals surface area contributed by atoms with Crippen molar-refractivity contribution in [1.29, 1.82) is 0 Å². The van der Waals surface area contributed by atoms with Crippen LogP contribution in [-0.2, 0) is 9.53 Å². The summed E-state index contributed by atoms with van der Waals surface area (Å²) in [5.74, 6) is 0.0336. The predicted octanol–water partition coefficient (Wildman–Crippen LogP) is 0.873. The van der Waals surface area contributed by atoms with E-state index in [4.69, 9.17) is 4.74 Å². The number of urea groups is 1. The van der Waals surface area contributed by atoms with Gasteiger partial charge in [-0.3, -0.25) is 14.6 Å². The fourth-order valence-electron chi connectivity index (χ4n) is 3.58. The summed E-state index contributed by atoms with van der Waals surface area (Å²) in [6.07, 6.45) is 0. The second-order valence-corrected chi connectivity index (χ2v) is 7.32. The molecule has 7 nitrogen and oxygen atoms in total. The molecular weight excluding hydrogens is 340 g/mol. The molecule has 134 valence electrons. The Morgan fingerprint density at radius 2 is 2.08 bits per heavy atom. The Morgan fingerprint density at radius 3 is 2.80 bits per heavy atom. The number of nitrogens with zero attached hydrogens (tertiary/aromatic N) is 3. The summed E-state index contributed by atoms with van der Waals surface area (Å²) in [5, 5.41) is 6.92. The van der Waals surface area contributed by atoms with Crippen LogP contribution < -0.4 is 5.32 Å². The Bertz CT molecular complexity index is 697. The number of likely N-dealkylation sites (N-methyl/N-ethyl adjacent to an activating group) is 1. The van der Waals surface area contributed by atoms with E-state index in [1.165, 1.54) is 0 Å². The average molecular weight is 362 g/mol. The van der Waals surface area contributed by atoms with Gasteiger partial charge in [-0.05, 0) is 22.4 Å². The molecule has 3 amide bonds. The number of amides is 3. The Balaban J connectivity index is 1.51. The van der Waals surface area contributed by atoms with E-state index >= 15 is 0 Å². The van der Waals surface area contributed by atoms with Crippen LogP contribution in [-0.4, -0.2) is 79.6 Å². The SMILES string of the molecule is CN1C(=O)N[C@H](c2ccsc2)C2=C1CN(CCN1CCOCC1)C2=O. The van der Waals surface area contributed by atoms with E-state index in [1.54, 1.807) is 23.3 Å². The maximum absolute atomic E-state index is 13.0. The number of carbonyl (C=O) groups is 2. The molecule has 0 unspecified atom stereocenters. The van der Waals surface area contributed by atoms with Gasteiger partial charge in [0.05, 0.1) is 37.1 Å². The number of rotatable bonds is 4. The first kappa shape index (κ1) is 16.6. The minimum absolute atomic E-state index is 0.0336. The molecule has 1 saturated heterocycles. The molecule has 0 bridgehead atoms. The van der Waals surface area contributed by atoms with E-state index in [0.29, 0.717) is 18.7 Å². The molecule has 0 saturated carbocycles. The highest BCUT2D eigenvalue weighted by atomic mass is 32.1. The van der Waals surface area contributed by atoms with Crippen molar-refractivity contribution in [2.45, 2.75) is 6.04 Å². The first-order valence-corrected chi connectivity index (χ1v) is 9.48. The summed E-state index contributed by atoms with van der Waals surface area (Å²) < 4.78 is 5.37. The van der Waals surface area contributed by atoms with E-state index in [1.807, 2.05) is 21.7 Å². The first-order valence-electron chi connectivity index (χ1n) is 8.54. The molecule has 8 heteroatoms. The fourth-order valence-corrected chi connectivity index (χ4v) is 4.27. The van der Waals surface area contributed by atoms with E-state index in [-0.39, 0.29) is 18.0 Å². The van der Waals surface area contributed by atoms with E-state index in [0.717, 1.165) is 44.1 Å². The Kier molecular flexibility index (Phi) is 4.49. The Morgan fingerprint density at radius 1 is 1.28 bits per heavy atom. The molecule has 0 spiro atoms. The van der Waals surface area contributed by atoms with Crippen molar-refractivity contribution in [1.82, 2.24) is 20.0 Å². The van der Waals surface area contributed by atoms with Crippen molar-refractivity contribution in [3.63, 3.8) is 0 Å². The predicted molar refractivity (Wildman–Crippen MR) is 94.2 cm³/mol. The van der Waals surface area contributed by atoms with Crippen LogP contribution in [0, 0.1) is 0 Å². The number of ether oxygens (including phenoxy) is 1. The van der Waals surface area contributed by atoms with Crippen molar-refractivity contribution in [2.24, 2.45) is 0 Å². The molecule has 3 aliphatic heterocycles. The van der Waals surface area contributed by atoms with Crippen molar-refractivity contribution >= 4 is 23.3 Å². The van der Waals surface area contributed by atoms with Crippen LogP contribution in [0.25, 0.3) is 0 Å². The lowest BCUT2D eigenvalue weighted by molar-refractivity contribution is -0.126. The van der Waals surface area contributed by atoms with Crippen LogP contribution in [0.1, 0.15) is 11.6 Å². The molecule has 1 aromatic rings. The van der Waals surface area contributed by atoms with Crippen LogP contribution >= 0.6 is 11.3 Å². The quantitative estimate of drug-likeness (QED) is 0.863. The monoisotopic (exact) mass is 362 g/mol. The zero-order chi connectivity index (χ0) is 17.4. The molecule has 1 aromatic heterocycles. The minimum Gasteiger partial charge on any atom is -0.379 e. The normalized spacial score (nSPS) is 24.8. The molecule has 0 radical (unpaired) electrons. The van der Waals surface area contributed by atoms with E-state index in [9.17, 15) is 9.59 Å². The highest BCUT2D eigenvalue weighted by molar-refractivity contribution is 7.08. The maximum Gasteiger partial charge on any atom is 0.322 e. The van der Waals surface area contributed by atoms with Gasteiger partial charge in [-0.15, -0.1) is 0 Å². The lowest BCUT2D eigenvalue weighted by Gasteiger charge is -2.30. The highest BCUT2D eigenvalue weighted by Gasteiger charge is 2.42. The summed E-state index contributed by atoms with van der Waals surface area (Å²) in [5.41, 5.74) is 2.51. The second-order valence-electron chi connectivity index (χ2n) is 6.54. The Labute approximate surface area is 150 Å². The highest BCUT2D eigenvalue weighted by Crippen LogP contribution is 2.36. The number of hydrogen-bond donors (Lipinski definition) is 1. The Hall–Kier alpha value is -1.90. The van der Waals surface area contributed by atoms with E-state index < -0.39 is 0 Å². The van der Waals surface area contributed by atoms with Gasteiger partial charge < -0.3 is 15.0 Å². The molecule has 1 N–H and O–H groups in total. The standard InChI is InChI=1S/C17H22N4O3S/c1-19-13-10-21(4-3-20-5-7-24-8-6-20)16(22)14(13)15(18-17(19)23)12-2-9-25-11-12/h2,9,11,15H,3-8,10H2,1H3,(H,18,23)/t15-/m1/s1. The summed E-state index contributed by atoms with van der Waals surface area (Å²) >= 11 is 1.57. The summed E-state index contributed by atoms with van der Waals surface area (Å²) in [6.45, 7) is 5.34. The largest absolute Gasteiger partial charge is 0.379 e. The van der Waals surface area contributed by atoms with Crippen molar-refractivity contribution < 1.29 is 14.3 Å². The number of nitrogens with one attached hydrogen (secondary N) is 1. The zero-order valence-corrected chi connectivity index (χ0v) is 15.1. The van der Waals surface area contributed by atoms with Gasteiger partial charge in [0.15, 0.2) is 0 Å². The van der Waals surface area contributed by atoms with Gasteiger partial charge in [-0.1, -0.05) is 0 Å². The number of carbonyl (C=O) groups excluding carboxylic acids is 2. The third-order valence-corrected chi connectivity index (χ3v) is 5.80. The molecule has 3 aliphatic rings. The second kappa shape index (κ2) is 6.78. The van der Waals surface area contributed by atoms with Crippen LogP contribution in [0.15, 0.2) is 28.1 Å². The molecule has 0 aliphatic carbocycles. The van der Waals surface area contributed by atoms with Crippen LogP contribution in [0.3, 0.4) is 0 Å². The summed E-state index contributed by atoms with van der Waals surface area (Å²) in [7, 11) is 1.73. The first-order chi connectivity index (χ1) is 12.1. The van der Waals surface area contributed by atoms with Gasteiger partial charge in [0.2, 0.25) is 0 Å². The number of morpholine rings is 1. The van der Waals surface area contributed by atoms with Crippen molar-refractivity contribution in [3.8, 4) is 0 Å². The van der Waals surface area contributed by atoms with Crippen molar-refractivity contribution in [2.75, 3.05) is 53.0 Å². The third kappa shape index (κ3) is 3.05. The lowest BCUT2D eigenvalue weighted by atomic mass is 9.98. The summed E-state index contributed by atoms with van der Waals surface area (Å²) in [4.78, 5) is 31.1. The molecule has 25 heavy (non-hydrogen) atoms. The lowest BCUT2D eigenvalue weighted by Crippen LogP contribution is -2.45.